The zero-order chi connectivity index (χ0) is 20.9. The van der Waals surface area contributed by atoms with Crippen molar-refractivity contribution in [3.63, 3.8) is 0 Å². The largest absolute Gasteiger partial charge is 0.480 e. The third-order valence-corrected chi connectivity index (χ3v) is 6.74. The SMILES string of the molecule is Cc1ncc(N2CC3CCC(C2)C3Nc2nc3c(OCC(F)(F)F)cccn3n2)s1. The number of aromatic nitrogens is 4. The zero-order valence-electron chi connectivity index (χ0n) is 16.3. The Bertz CT molecular complexity index is 1040. The summed E-state index contributed by atoms with van der Waals surface area (Å²) in [7, 11) is 0. The van der Waals surface area contributed by atoms with E-state index in [0.29, 0.717) is 17.8 Å². The van der Waals surface area contributed by atoms with Crippen molar-refractivity contribution in [2.45, 2.75) is 32.0 Å². The number of halogens is 3. The molecule has 1 aliphatic heterocycles. The van der Waals surface area contributed by atoms with Crippen LogP contribution in [-0.2, 0) is 0 Å². The Balaban J connectivity index is 1.31. The van der Waals surface area contributed by atoms with Crippen LogP contribution in [0.5, 0.6) is 5.75 Å². The van der Waals surface area contributed by atoms with E-state index in [2.05, 4.69) is 25.3 Å². The minimum atomic E-state index is -4.41. The quantitative estimate of drug-likeness (QED) is 0.654. The molecule has 7 nitrogen and oxygen atoms in total. The van der Waals surface area contributed by atoms with E-state index in [-0.39, 0.29) is 17.4 Å². The maximum absolute atomic E-state index is 12.5. The molecule has 11 heteroatoms. The molecular formula is C19H21F3N6OS. The summed E-state index contributed by atoms with van der Waals surface area (Å²) < 4.78 is 43.9. The minimum Gasteiger partial charge on any atom is -0.480 e. The van der Waals surface area contributed by atoms with Gasteiger partial charge in [0.2, 0.25) is 5.95 Å². The van der Waals surface area contributed by atoms with E-state index in [1.807, 2.05) is 13.1 Å². The smallest absolute Gasteiger partial charge is 0.422 e. The average molecular weight is 438 g/mol. The number of hydrogen-bond donors (Lipinski definition) is 1. The molecule has 4 heterocycles. The predicted molar refractivity (Wildman–Crippen MR) is 107 cm³/mol. The Labute approximate surface area is 174 Å². The standard InChI is InChI=1S/C19H21F3N6OS/c1-11-23-7-15(30-11)27-8-12-4-5-13(9-27)16(12)24-18-25-17-14(29-10-19(20,21)22)3-2-6-28(17)26-18/h2-3,6-7,12-13,16H,4-5,8-10H2,1H3,(H,24,26). The molecule has 2 aliphatic rings. The summed E-state index contributed by atoms with van der Waals surface area (Å²) in [5.41, 5.74) is 0.272. The van der Waals surface area contributed by atoms with E-state index < -0.39 is 12.8 Å². The van der Waals surface area contributed by atoms with Crippen molar-refractivity contribution in [1.82, 2.24) is 19.6 Å². The van der Waals surface area contributed by atoms with Crippen LogP contribution < -0.4 is 15.0 Å². The van der Waals surface area contributed by atoms with E-state index in [1.165, 1.54) is 15.6 Å². The van der Waals surface area contributed by atoms with Crippen LogP contribution in [0.3, 0.4) is 0 Å². The van der Waals surface area contributed by atoms with Gasteiger partial charge >= 0.3 is 6.18 Å². The van der Waals surface area contributed by atoms with Crippen LogP contribution in [0.2, 0.25) is 0 Å². The van der Waals surface area contributed by atoms with Crippen molar-refractivity contribution < 1.29 is 17.9 Å². The highest BCUT2D eigenvalue weighted by Gasteiger charge is 2.43. The monoisotopic (exact) mass is 438 g/mol. The number of aryl methyl sites for hydroxylation is 1. The van der Waals surface area contributed by atoms with Gasteiger partial charge in [-0.05, 0) is 43.7 Å². The van der Waals surface area contributed by atoms with E-state index in [9.17, 15) is 13.2 Å². The molecule has 3 aromatic heterocycles. The number of alkyl halides is 3. The van der Waals surface area contributed by atoms with Gasteiger partial charge in [0.15, 0.2) is 18.0 Å². The Morgan fingerprint density at radius 1 is 1.27 bits per heavy atom. The molecule has 2 fully saturated rings. The van der Waals surface area contributed by atoms with E-state index in [1.54, 1.807) is 23.6 Å². The fourth-order valence-corrected chi connectivity index (χ4v) is 5.29. The third kappa shape index (κ3) is 3.78. The van der Waals surface area contributed by atoms with Crippen molar-refractivity contribution in [2.24, 2.45) is 11.8 Å². The first-order chi connectivity index (χ1) is 14.4. The number of rotatable bonds is 5. The first-order valence-corrected chi connectivity index (χ1v) is 10.7. The predicted octanol–water partition coefficient (Wildman–Crippen LogP) is 3.76. The molecular weight excluding hydrogens is 417 g/mol. The van der Waals surface area contributed by atoms with E-state index in [0.717, 1.165) is 30.9 Å². The third-order valence-electron chi connectivity index (χ3n) is 5.77. The molecule has 2 bridgehead atoms. The lowest BCUT2D eigenvalue weighted by atomic mass is 9.92. The van der Waals surface area contributed by atoms with Gasteiger partial charge in [0.1, 0.15) is 5.00 Å². The van der Waals surface area contributed by atoms with E-state index >= 15 is 0 Å². The molecule has 0 radical (unpaired) electrons. The molecule has 1 aliphatic carbocycles. The second kappa shape index (κ2) is 7.29. The summed E-state index contributed by atoms with van der Waals surface area (Å²) in [6.07, 6.45) is 1.45. The Kier molecular flexibility index (Phi) is 4.72. The molecule has 5 rings (SSSR count). The van der Waals surface area contributed by atoms with Crippen molar-refractivity contribution in [3.8, 4) is 5.75 Å². The van der Waals surface area contributed by atoms with Gasteiger partial charge in [-0.15, -0.1) is 16.4 Å². The first-order valence-electron chi connectivity index (χ1n) is 9.84. The van der Waals surface area contributed by atoms with Crippen LogP contribution in [0.25, 0.3) is 5.65 Å². The fraction of sp³-hybridized carbons (Fsp3) is 0.526. The zero-order valence-corrected chi connectivity index (χ0v) is 17.1. The second-order valence-electron chi connectivity index (χ2n) is 7.87. The number of pyridine rings is 1. The van der Waals surface area contributed by atoms with Crippen LogP contribution in [0, 0.1) is 18.8 Å². The number of fused-ring (bicyclic) bond motifs is 3. The number of nitrogens with one attached hydrogen (secondary N) is 1. The molecule has 2 atom stereocenters. The highest BCUT2D eigenvalue weighted by molar-refractivity contribution is 7.15. The van der Waals surface area contributed by atoms with E-state index in [4.69, 9.17) is 4.74 Å². The average Bonchev–Trinajstić information content (AvgIpc) is 3.36. The van der Waals surface area contributed by atoms with Crippen molar-refractivity contribution in [1.29, 1.82) is 0 Å². The topological polar surface area (TPSA) is 67.6 Å². The van der Waals surface area contributed by atoms with Crippen LogP contribution >= 0.6 is 11.3 Å². The summed E-state index contributed by atoms with van der Waals surface area (Å²) in [6.45, 7) is 2.55. The molecule has 0 aromatic carbocycles. The first kappa shape index (κ1) is 19.4. The van der Waals surface area contributed by atoms with Crippen LogP contribution in [0.15, 0.2) is 24.5 Å². The Morgan fingerprint density at radius 2 is 2.03 bits per heavy atom. The van der Waals surface area contributed by atoms with Gasteiger partial charge in [-0.1, -0.05) is 0 Å². The summed E-state index contributed by atoms with van der Waals surface area (Å²) in [6, 6.07) is 3.31. The van der Waals surface area contributed by atoms with Crippen molar-refractivity contribution in [2.75, 3.05) is 29.9 Å². The lowest BCUT2D eigenvalue weighted by Gasteiger charge is -2.38. The fourth-order valence-electron chi connectivity index (χ4n) is 4.50. The number of piperidine rings is 1. The lowest BCUT2D eigenvalue weighted by molar-refractivity contribution is -0.153. The van der Waals surface area contributed by atoms with Gasteiger partial charge < -0.3 is 15.0 Å². The Morgan fingerprint density at radius 3 is 2.70 bits per heavy atom. The summed E-state index contributed by atoms with van der Waals surface area (Å²) in [5, 5.41) is 10.1. The molecule has 1 saturated heterocycles. The molecule has 30 heavy (non-hydrogen) atoms. The number of ether oxygens (including phenoxy) is 1. The summed E-state index contributed by atoms with van der Waals surface area (Å²) >= 11 is 1.71. The lowest BCUT2D eigenvalue weighted by Crippen LogP contribution is -2.48. The normalized spacial score (nSPS) is 23.9. The van der Waals surface area contributed by atoms with Crippen LogP contribution in [0.4, 0.5) is 24.1 Å². The molecule has 160 valence electrons. The number of thiazole rings is 1. The highest BCUT2D eigenvalue weighted by atomic mass is 32.1. The molecule has 1 saturated carbocycles. The van der Waals surface area contributed by atoms with Gasteiger partial charge in [-0.25, -0.2) is 9.50 Å². The van der Waals surface area contributed by atoms with Gasteiger partial charge in [0.05, 0.1) is 11.2 Å². The van der Waals surface area contributed by atoms with Gasteiger partial charge in [-0.2, -0.15) is 18.2 Å². The number of hydrogen-bond acceptors (Lipinski definition) is 7. The summed E-state index contributed by atoms with van der Waals surface area (Å²) in [5.74, 6) is 1.40. The van der Waals surface area contributed by atoms with Crippen molar-refractivity contribution >= 4 is 27.9 Å². The maximum Gasteiger partial charge on any atom is 0.422 e. The van der Waals surface area contributed by atoms with Crippen LogP contribution in [0.1, 0.15) is 17.8 Å². The Hall–Kier alpha value is -2.56. The minimum absolute atomic E-state index is 0.0636. The van der Waals surface area contributed by atoms with Crippen LogP contribution in [-0.4, -0.2) is 51.5 Å². The molecule has 0 amide bonds. The molecule has 3 aromatic rings. The van der Waals surface area contributed by atoms with Gasteiger partial charge in [-0.3, -0.25) is 0 Å². The van der Waals surface area contributed by atoms with Gasteiger partial charge in [0, 0.05) is 25.3 Å². The molecule has 2 unspecified atom stereocenters. The molecule has 0 spiro atoms. The highest BCUT2D eigenvalue weighted by Crippen LogP contribution is 2.41. The summed E-state index contributed by atoms with van der Waals surface area (Å²) in [4.78, 5) is 11.2. The van der Waals surface area contributed by atoms with Crippen molar-refractivity contribution in [3.05, 3.63) is 29.5 Å². The molecule has 1 N–H and O–H groups in total. The number of anilines is 2. The van der Waals surface area contributed by atoms with Gasteiger partial charge in [0.25, 0.3) is 0 Å². The second-order valence-corrected chi connectivity index (χ2v) is 9.08. The maximum atomic E-state index is 12.5. The number of nitrogens with zero attached hydrogens (tertiary/aromatic N) is 5.